The molecular weight excluding hydrogens is 182 g/mol. The van der Waals surface area contributed by atoms with Crippen LogP contribution in [0.5, 0.6) is 5.75 Å². The lowest BCUT2D eigenvalue weighted by atomic mass is 10.1. The predicted octanol–water partition coefficient (Wildman–Crippen LogP) is -0.139. The summed E-state index contributed by atoms with van der Waals surface area (Å²) >= 11 is 0. The van der Waals surface area contributed by atoms with Crippen molar-refractivity contribution in [3.63, 3.8) is 0 Å². The standard InChI is InChI=1S/C9H13N3O2/c1-14-8-3-2-6(5-13)12-9(8)7(11)4-10/h2-3,5,7H,4,10-11H2,1H3/t7-/m1/s1. The van der Waals surface area contributed by atoms with E-state index in [1.165, 1.54) is 7.11 Å². The Hall–Kier alpha value is -1.46. The minimum Gasteiger partial charge on any atom is -0.495 e. The first-order chi connectivity index (χ1) is 6.72. The number of hydrogen-bond acceptors (Lipinski definition) is 5. The monoisotopic (exact) mass is 195 g/mol. The zero-order chi connectivity index (χ0) is 10.6. The summed E-state index contributed by atoms with van der Waals surface area (Å²) in [6, 6.07) is 2.81. The fourth-order valence-electron chi connectivity index (χ4n) is 1.09. The van der Waals surface area contributed by atoms with Gasteiger partial charge in [0, 0.05) is 6.54 Å². The van der Waals surface area contributed by atoms with Gasteiger partial charge in [-0.1, -0.05) is 0 Å². The van der Waals surface area contributed by atoms with Gasteiger partial charge in [0.25, 0.3) is 0 Å². The van der Waals surface area contributed by atoms with Crippen LogP contribution in [0.3, 0.4) is 0 Å². The molecule has 1 atom stereocenters. The van der Waals surface area contributed by atoms with Crippen LogP contribution in [0.4, 0.5) is 0 Å². The number of ether oxygens (including phenoxy) is 1. The van der Waals surface area contributed by atoms with Crippen molar-refractivity contribution >= 4 is 6.29 Å². The predicted molar refractivity (Wildman–Crippen MR) is 52.2 cm³/mol. The van der Waals surface area contributed by atoms with Gasteiger partial charge in [-0.25, -0.2) is 4.98 Å². The van der Waals surface area contributed by atoms with E-state index in [4.69, 9.17) is 16.2 Å². The molecule has 1 aromatic rings. The Morgan fingerprint density at radius 2 is 2.36 bits per heavy atom. The summed E-state index contributed by atoms with van der Waals surface area (Å²) in [5.74, 6) is 0.550. The van der Waals surface area contributed by atoms with E-state index in [9.17, 15) is 4.79 Å². The van der Waals surface area contributed by atoms with E-state index in [-0.39, 0.29) is 6.54 Å². The molecule has 0 aliphatic carbocycles. The SMILES string of the molecule is COc1ccc(C=O)nc1[C@H](N)CN. The maximum absolute atomic E-state index is 10.5. The van der Waals surface area contributed by atoms with Crippen molar-refractivity contribution in [2.24, 2.45) is 11.5 Å². The normalized spacial score (nSPS) is 12.2. The fraction of sp³-hybridized carbons (Fsp3) is 0.333. The van der Waals surface area contributed by atoms with E-state index < -0.39 is 6.04 Å². The van der Waals surface area contributed by atoms with E-state index in [0.717, 1.165) is 0 Å². The van der Waals surface area contributed by atoms with Crippen molar-refractivity contribution in [2.45, 2.75) is 6.04 Å². The third-order valence-electron chi connectivity index (χ3n) is 1.85. The molecule has 1 rings (SSSR count). The van der Waals surface area contributed by atoms with Gasteiger partial charge in [-0.15, -0.1) is 0 Å². The molecule has 0 radical (unpaired) electrons. The molecular formula is C9H13N3O2. The minimum absolute atomic E-state index is 0.256. The molecule has 0 aromatic carbocycles. The highest BCUT2D eigenvalue weighted by Gasteiger charge is 2.12. The number of aldehydes is 1. The van der Waals surface area contributed by atoms with Crippen LogP contribution in [-0.4, -0.2) is 24.9 Å². The molecule has 0 unspecified atom stereocenters. The number of hydrogen-bond donors (Lipinski definition) is 2. The van der Waals surface area contributed by atoms with Gasteiger partial charge in [-0.3, -0.25) is 4.79 Å². The van der Waals surface area contributed by atoms with Crippen LogP contribution in [0, 0.1) is 0 Å². The first-order valence-electron chi connectivity index (χ1n) is 4.18. The second-order valence-corrected chi connectivity index (χ2v) is 2.78. The van der Waals surface area contributed by atoms with Gasteiger partial charge in [0.05, 0.1) is 13.2 Å². The quantitative estimate of drug-likeness (QED) is 0.652. The smallest absolute Gasteiger partial charge is 0.168 e. The topological polar surface area (TPSA) is 91.2 Å². The minimum atomic E-state index is -0.412. The number of rotatable bonds is 4. The van der Waals surface area contributed by atoms with Crippen LogP contribution >= 0.6 is 0 Å². The summed E-state index contributed by atoms with van der Waals surface area (Å²) in [4.78, 5) is 14.5. The van der Waals surface area contributed by atoms with Gasteiger partial charge < -0.3 is 16.2 Å². The lowest BCUT2D eigenvalue weighted by Crippen LogP contribution is -2.23. The van der Waals surface area contributed by atoms with Crippen LogP contribution in [0.15, 0.2) is 12.1 Å². The molecule has 0 spiro atoms. The van der Waals surface area contributed by atoms with Crippen molar-refractivity contribution < 1.29 is 9.53 Å². The van der Waals surface area contributed by atoms with E-state index in [0.29, 0.717) is 23.4 Å². The third-order valence-corrected chi connectivity index (χ3v) is 1.85. The molecule has 14 heavy (non-hydrogen) atoms. The highest BCUT2D eigenvalue weighted by atomic mass is 16.5. The molecule has 0 aliphatic rings. The first kappa shape index (κ1) is 10.6. The van der Waals surface area contributed by atoms with Crippen molar-refractivity contribution in [3.8, 4) is 5.75 Å². The summed E-state index contributed by atoms with van der Waals surface area (Å²) in [7, 11) is 1.52. The average molecular weight is 195 g/mol. The van der Waals surface area contributed by atoms with Crippen LogP contribution in [-0.2, 0) is 0 Å². The summed E-state index contributed by atoms with van der Waals surface area (Å²) in [6.45, 7) is 0.256. The molecule has 0 bridgehead atoms. The number of nitrogens with zero attached hydrogens (tertiary/aromatic N) is 1. The second-order valence-electron chi connectivity index (χ2n) is 2.78. The molecule has 76 valence electrons. The van der Waals surface area contributed by atoms with Gasteiger partial charge >= 0.3 is 0 Å². The van der Waals surface area contributed by atoms with Gasteiger partial charge in [0.2, 0.25) is 0 Å². The Labute approximate surface area is 82.1 Å². The number of aromatic nitrogens is 1. The van der Waals surface area contributed by atoms with Crippen LogP contribution in [0.1, 0.15) is 22.2 Å². The van der Waals surface area contributed by atoms with Crippen LogP contribution < -0.4 is 16.2 Å². The number of carbonyl (C=O) groups is 1. The first-order valence-corrected chi connectivity index (χ1v) is 4.18. The fourth-order valence-corrected chi connectivity index (χ4v) is 1.09. The van der Waals surface area contributed by atoms with Gasteiger partial charge in [0.15, 0.2) is 6.29 Å². The maximum Gasteiger partial charge on any atom is 0.168 e. The van der Waals surface area contributed by atoms with Crippen molar-refractivity contribution in [1.82, 2.24) is 4.98 Å². The highest BCUT2D eigenvalue weighted by molar-refractivity contribution is 5.72. The lowest BCUT2D eigenvalue weighted by molar-refractivity contribution is 0.111. The van der Waals surface area contributed by atoms with E-state index in [1.807, 2.05) is 0 Å². The molecule has 5 nitrogen and oxygen atoms in total. The Morgan fingerprint density at radius 1 is 1.64 bits per heavy atom. The average Bonchev–Trinajstić information content (AvgIpc) is 2.27. The Morgan fingerprint density at radius 3 is 2.86 bits per heavy atom. The lowest BCUT2D eigenvalue weighted by Gasteiger charge is -2.12. The van der Waals surface area contributed by atoms with Crippen molar-refractivity contribution in [3.05, 3.63) is 23.5 Å². The van der Waals surface area contributed by atoms with Crippen molar-refractivity contribution in [2.75, 3.05) is 13.7 Å². The summed E-state index contributed by atoms with van der Waals surface area (Å²) in [6.07, 6.45) is 0.659. The Bertz CT molecular complexity index is 328. The van der Waals surface area contributed by atoms with Gasteiger partial charge in [0.1, 0.15) is 17.1 Å². The number of methoxy groups -OCH3 is 1. The third kappa shape index (κ3) is 2.07. The van der Waals surface area contributed by atoms with Crippen LogP contribution in [0.2, 0.25) is 0 Å². The number of carbonyl (C=O) groups excluding carboxylic acids is 1. The zero-order valence-corrected chi connectivity index (χ0v) is 7.93. The molecule has 0 saturated heterocycles. The summed E-state index contributed by atoms with van der Waals surface area (Å²) in [5.41, 5.74) is 12.0. The van der Waals surface area contributed by atoms with Crippen molar-refractivity contribution in [1.29, 1.82) is 0 Å². The molecule has 1 aromatic heterocycles. The largest absolute Gasteiger partial charge is 0.495 e. The van der Waals surface area contributed by atoms with Gasteiger partial charge in [-0.05, 0) is 12.1 Å². The van der Waals surface area contributed by atoms with E-state index in [1.54, 1.807) is 12.1 Å². The molecule has 5 heteroatoms. The maximum atomic E-state index is 10.5. The summed E-state index contributed by atoms with van der Waals surface area (Å²) < 4.78 is 5.05. The number of pyridine rings is 1. The van der Waals surface area contributed by atoms with Gasteiger partial charge in [-0.2, -0.15) is 0 Å². The number of nitrogens with two attached hydrogens (primary N) is 2. The highest BCUT2D eigenvalue weighted by Crippen LogP contribution is 2.20. The molecule has 0 saturated carbocycles. The zero-order valence-electron chi connectivity index (χ0n) is 7.93. The Kier molecular flexibility index (Phi) is 3.55. The molecule has 4 N–H and O–H groups in total. The van der Waals surface area contributed by atoms with E-state index >= 15 is 0 Å². The molecule has 0 amide bonds. The summed E-state index contributed by atoms with van der Waals surface area (Å²) in [5, 5.41) is 0. The molecule has 1 heterocycles. The molecule has 0 fully saturated rings. The second kappa shape index (κ2) is 4.69. The molecule has 0 aliphatic heterocycles. The van der Waals surface area contributed by atoms with Crippen LogP contribution in [0.25, 0.3) is 0 Å². The van der Waals surface area contributed by atoms with E-state index in [2.05, 4.69) is 4.98 Å². The Balaban J connectivity index is 3.14.